The Balaban J connectivity index is 1.07. The summed E-state index contributed by atoms with van der Waals surface area (Å²) in [5, 5.41) is 12.4. The van der Waals surface area contributed by atoms with E-state index >= 15 is 0 Å². The highest BCUT2D eigenvalue weighted by Crippen LogP contribution is 2.43. The van der Waals surface area contributed by atoms with Crippen molar-refractivity contribution >= 4 is 93.9 Å². The SMILES string of the molecule is Cc1ccccc1Nc1ccc2cc3c(cc2c1)oc1cc2c(cc13)oc1cc3cc(N(c4ccccc4C)c4ccc(C)c(C)c4C)ccc3cc12. The summed E-state index contributed by atoms with van der Waals surface area (Å²) in [6, 6.07) is 47.8. The molecule has 10 rings (SSSR count). The first-order chi connectivity index (χ1) is 25.8. The van der Waals surface area contributed by atoms with Crippen molar-refractivity contribution in [2.75, 3.05) is 10.2 Å². The van der Waals surface area contributed by atoms with Gasteiger partial charge in [-0.05, 0) is 163 Å². The van der Waals surface area contributed by atoms with Gasteiger partial charge in [-0.25, -0.2) is 0 Å². The zero-order valence-electron chi connectivity index (χ0n) is 30.5. The molecule has 0 saturated carbocycles. The second-order valence-electron chi connectivity index (χ2n) is 14.6. The molecule has 0 fully saturated rings. The van der Waals surface area contributed by atoms with Crippen molar-refractivity contribution in [2.24, 2.45) is 0 Å². The van der Waals surface area contributed by atoms with Crippen LogP contribution in [0.15, 0.2) is 142 Å². The minimum Gasteiger partial charge on any atom is -0.456 e. The summed E-state index contributed by atoms with van der Waals surface area (Å²) >= 11 is 0. The molecular weight excluding hydrogens is 649 g/mol. The Bertz CT molecular complexity index is 3110. The summed E-state index contributed by atoms with van der Waals surface area (Å²) in [6.07, 6.45) is 0. The molecule has 8 aromatic carbocycles. The van der Waals surface area contributed by atoms with E-state index in [1.165, 1.54) is 39.2 Å². The lowest BCUT2D eigenvalue weighted by Crippen LogP contribution is -2.13. The Morgan fingerprint density at radius 3 is 1.68 bits per heavy atom. The van der Waals surface area contributed by atoms with E-state index in [0.29, 0.717) is 0 Å². The number of rotatable bonds is 5. The van der Waals surface area contributed by atoms with E-state index in [4.69, 9.17) is 8.83 Å². The van der Waals surface area contributed by atoms with E-state index < -0.39 is 0 Å². The number of para-hydroxylation sites is 2. The predicted octanol–water partition coefficient (Wildman–Crippen LogP) is 14.5. The van der Waals surface area contributed by atoms with E-state index in [2.05, 4.69) is 178 Å². The van der Waals surface area contributed by atoms with Gasteiger partial charge in [-0.3, -0.25) is 0 Å². The monoisotopic (exact) mass is 686 g/mol. The maximum atomic E-state index is 6.63. The van der Waals surface area contributed by atoms with Gasteiger partial charge in [0.25, 0.3) is 0 Å². The molecule has 0 aliphatic carbocycles. The van der Waals surface area contributed by atoms with Crippen LogP contribution >= 0.6 is 0 Å². The number of nitrogens with one attached hydrogen (secondary N) is 1. The number of anilines is 5. The molecule has 4 heteroatoms. The molecule has 0 atom stereocenters. The van der Waals surface area contributed by atoms with E-state index in [1.54, 1.807) is 0 Å². The van der Waals surface area contributed by atoms with Crippen LogP contribution in [0.1, 0.15) is 27.8 Å². The zero-order chi connectivity index (χ0) is 36.0. The highest BCUT2D eigenvalue weighted by molar-refractivity contribution is 6.18. The van der Waals surface area contributed by atoms with Crippen molar-refractivity contribution in [3.63, 3.8) is 0 Å². The van der Waals surface area contributed by atoms with Crippen molar-refractivity contribution in [3.8, 4) is 0 Å². The Hall–Kier alpha value is -6.52. The third-order valence-electron chi connectivity index (χ3n) is 11.3. The molecule has 0 spiro atoms. The van der Waals surface area contributed by atoms with Gasteiger partial charge in [0, 0.05) is 50.0 Å². The first-order valence-electron chi connectivity index (χ1n) is 18.2. The summed E-state index contributed by atoms with van der Waals surface area (Å²) in [5.74, 6) is 0. The van der Waals surface area contributed by atoms with Crippen LogP contribution in [-0.4, -0.2) is 0 Å². The van der Waals surface area contributed by atoms with E-state index in [0.717, 1.165) is 82.5 Å². The molecular formula is C49H38N2O2. The van der Waals surface area contributed by atoms with Crippen LogP contribution in [0, 0.1) is 34.6 Å². The second-order valence-corrected chi connectivity index (χ2v) is 14.6. The molecule has 0 saturated heterocycles. The van der Waals surface area contributed by atoms with Crippen molar-refractivity contribution in [1.29, 1.82) is 0 Å². The lowest BCUT2D eigenvalue weighted by molar-refractivity contribution is 0.664. The Morgan fingerprint density at radius 1 is 0.415 bits per heavy atom. The number of fused-ring (bicyclic) bond motifs is 8. The van der Waals surface area contributed by atoms with Gasteiger partial charge in [-0.15, -0.1) is 0 Å². The molecule has 0 bridgehead atoms. The zero-order valence-corrected chi connectivity index (χ0v) is 30.5. The molecule has 0 unspecified atom stereocenters. The second kappa shape index (κ2) is 11.8. The third kappa shape index (κ3) is 5.05. The van der Waals surface area contributed by atoms with E-state index in [-0.39, 0.29) is 0 Å². The van der Waals surface area contributed by atoms with Gasteiger partial charge in [0.05, 0.1) is 0 Å². The molecule has 256 valence electrons. The summed E-state index contributed by atoms with van der Waals surface area (Å²) in [4.78, 5) is 2.39. The van der Waals surface area contributed by atoms with Crippen molar-refractivity contribution in [1.82, 2.24) is 0 Å². The summed E-state index contributed by atoms with van der Waals surface area (Å²) in [6.45, 7) is 10.9. The number of aryl methyl sites for hydroxylation is 3. The van der Waals surface area contributed by atoms with Crippen LogP contribution in [-0.2, 0) is 0 Å². The molecule has 0 radical (unpaired) electrons. The lowest BCUT2D eigenvalue weighted by Gasteiger charge is -2.29. The van der Waals surface area contributed by atoms with E-state index in [9.17, 15) is 0 Å². The lowest BCUT2D eigenvalue weighted by atomic mass is 9.99. The summed E-state index contributed by atoms with van der Waals surface area (Å²) in [7, 11) is 0. The van der Waals surface area contributed by atoms with Crippen LogP contribution in [0.5, 0.6) is 0 Å². The molecule has 0 aliphatic heterocycles. The van der Waals surface area contributed by atoms with Gasteiger partial charge in [0.1, 0.15) is 22.3 Å². The Labute approximate surface area is 307 Å². The minimum atomic E-state index is 0.857. The van der Waals surface area contributed by atoms with Gasteiger partial charge >= 0.3 is 0 Å². The van der Waals surface area contributed by atoms with Crippen molar-refractivity contribution < 1.29 is 8.83 Å². The fraction of sp³-hybridized carbons (Fsp3) is 0.102. The van der Waals surface area contributed by atoms with Crippen LogP contribution < -0.4 is 10.2 Å². The maximum absolute atomic E-state index is 6.63. The van der Waals surface area contributed by atoms with Gasteiger partial charge in [-0.2, -0.15) is 0 Å². The molecule has 2 aromatic heterocycles. The highest BCUT2D eigenvalue weighted by atomic mass is 16.3. The number of furan rings is 2. The molecule has 53 heavy (non-hydrogen) atoms. The fourth-order valence-electron chi connectivity index (χ4n) is 8.01. The minimum absolute atomic E-state index is 0.857. The maximum Gasteiger partial charge on any atom is 0.136 e. The number of benzene rings is 8. The van der Waals surface area contributed by atoms with Gasteiger partial charge < -0.3 is 19.1 Å². The van der Waals surface area contributed by atoms with Crippen molar-refractivity contribution in [2.45, 2.75) is 34.6 Å². The smallest absolute Gasteiger partial charge is 0.136 e. The largest absolute Gasteiger partial charge is 0.456 e. The molecule has 10 aromatic rings. The molecule has 2 heterocycles. The average Bonchev–Trinajstić information content (AvgIpc) is 3.69. The third-order valence-corrected chi connectivity index (χ3v) is 11.3. The predicted molar refractivity (Wildman–Crippen MR) is 224 cm³/mol. The normalized spacial score (nSPS) is 11.9. The first-order valence-corrected chi connectivity index (χ1v) is 18.2. The topological polar surface area (TPSA) is 41.6 Å². The quantitative estimate of drug-likeness (QED) is 0.196. The molecule has 0 aliphatic rings. The first kappa shape index (κ1) is 31.2. The number of nitrogens with zero attached hydrogens (tertiary/aromatic N) is 1. The Kier molecular flexibility index (Phi) is 6.93. The summed E-state index contributed by atoms with van der Waals surface area (Å²) in [5.41, 5.74) is 15.4. The van der Waals surface area contributed by atoms with Crippen LogP contribution in [0.2, 0.25) is 0 Å². The van der Waals surface area contributed by atoms with Gasteiger partial charge in [0.2, 0.25) is 0 Å². The molecule has 4 nitrogen and oxygen atoms in total. The van der Waals surface area contributed by atoms with Crippen LogP contribution in [0.25, 0.3) is 65.4 Å². The molecule has 0 amide bonds. The van der Waals surface area contributed by atoms with Gasteiger partial charge in [0.15, 0.2) is 0 Å². The van der Waals surface area contributed by atoms with Crippen LogP contribution in [0.3, 0.4) is 0 Å². The molecule has 1 N–H and O–H groups in total. The number of hydrogen-bond donors (Lipinski definition) is 1. The Morgan fingerprint density at radius 2 is 1.00 bits per heavy atom. The van der Waals surface area contributed by atoms with Crippen LogP contribution in [0.4, 0.5) is 28.4 Å². The standard InChI is InChI=1S/C49H38N2O2/c1-28-14-19-45(32(5)31(28)4)51(44-13-9-7-11-30(44)3)38-18-16-34-23-40-42-27-48-41(26-49(42)53-47(40)25-36(34)21-38)39-22-33-15-17-37(20-35(33)24-46(39)52-48)50-43-12-8-6-10-29(43)2/h6-27,50H,1-5H3. The van der Waals surface area contributed by atoms with E-state index in [1.807, 2.05) is 0 Å². The van der Waals surface area contributed by atoms with Gasteiger partial charge in [-0.1, -0.05) is 54.6 Å². The van der Waals surface area contributed by atoms with Crippen molar-refractivity contribution in [3.05, 3.63) is 161 Å². The average molecular weight is 687 g/mol. The number of hydrogen-bond acceptors (Lipinski definition) is 4. The highest BCUT2D eigenvalue weighted by Gasteiger charge is 2.20. The summed E-state index contributed by atoms with van der Waals surface area (Å²) < 4.78 is 13.2. The fourth-order valence-corrected chi connectivity index (χ4v) is 8.01.